The lowest BCUT2D eigenvalue weighted by atomic mass is 9.53. The molecule has 0 aromatic carbocycles. The van der Waals surface area contributed by atoms with Gasteiger partial charge in [-0.15, -0.1) is 0 Å². The van der Waals surface area contributed by atoms with E-state index in [2.05, 4.69) is 20.8 Å². The maximum Gasteiger partial charge on any atom is 0.320 e. The Balaban J connectivity index is 1.25. The van der Waals surface area contributed by atoms with Crippen LogP contribution in [0.1, 0.15) is 65.3 Å². The van der Waals surface area contributed by atoms with E-state index in [0.29, 0.717) is 23.5 Å². The number of carbonyl (C=O) groups is 2. The van der Waals surface area contributed by atoms with Gasteiger partial charge in [-0.3, -0.25) is 29.1 Å². The SMILES string of the molecule is Cn1cc(NC(=O)c2nn(C34CC5CC(CC(C5)C3)C4)cc2[N+](=O)[O-])c(C(=O)NCc2ccco2)n1. The van der Waals surface area contributed by atoms with Crippen molar-refractivity contribution < 1.29 is 18.9 Å². The van der Waals surface area contributed by atoms with E-state index in [4.69, 9.17) is 4.42 Å². The second-order valence-electron chi connectivity index (χ2n) is 10.5. The summed E-state index contributed by atoms with van der Waals surface area (Å²) in [6.07, 6.45) is 10.9. The second-order valence-corrected chi connectivity index (χ2v) is 10.5. The van der Waals surface area contributed by atoms with Crippen molar-refractivity contribution in [2.45, 2.75) is 50.6 Å². The minimum Gasteiger partial charge on any atom is -0.467 e. The molecule has 0 saturated heterocycles. The summed E-state index contributed by atoms with van der Waals surface area (Å²) < 4.78 is 8.31. The van der Waals surface area contributed by atoms with Gasteiger partial charge in [0.2, 0.25) is 5.69 Å². The number of hydrogen-bond acceptors (Lipinski definition) is 7. The summed E-state index contributed by atoms with van der Waals surface area (Å²) in [5.74, 6) is 1.16. The summed E-state index contributed by atoms with van der Waals surface area (Å²) in [5, 5.41) is 25.8. The maximum atomic E-state index is 13.2. The number of carbonyl (C=O) groups excluding carboxylic acids is 2. The van der Waals surface area contributed by atoms with E-state index >= 15 is 0 Å². The first kappa shape index (κ1) is 22.5. The Labute approximate surface area is 206 Å². The van der Waals surface area contributed by atoms with E-state index in [1.165, 1.54) is 42.6 Å². The van der Waals surface area contributed by atoms with Crippen LogP contribution in [0.4, 0.5) is 11.4 Å². The number of amides is 2. The van der Waals surface area contributed by atoms with Crippen molar-refractivity contribution in [2.75, 3.05) is 5.32 Å². The minimum atomic E-state index is -0.752. The number of rotatable bonds is 7. The number of anilines is 1. The van der Waals surface area contributed by atoms with Gasteiger partial charge >= 0.3 is 5.69 Å². The van der Waals surface area contributed by atoms with Crippen molar-refractivity contribution in [3.8, 4) is 0 Å². The van der Waals surface area contributed by atoms with Gasteiger partial charge in [0.25, 0.3) is 11.8 Å². The van der Waals surface area contributed by atoms with Crippen LogP contribution in [0.3, 0.4) is 0 Å². The van der Waals surface area contributed by atoms with Gasteiger partial charge in [0.15, 0.2) is 5.69 Å². The molecule has 12 nitrogen and oxygen atoms in total. The van der Waals surface area contributed by atoms with E-state index in [-0.39, 0.29) is 34.8 Å². The van der Waals surface area contributed by atoms with Crippen molar-refractivity contribution in [2.24, 2.45) is 24.8 Å². The monoisotopic (exact) mass is 493 g/mol. The number of furan rings is 1. The van der Waals surface area contributed by atoms with Crippen LogP contribution in [0.25, 0.3) is 0 Å². The van der Waals surface area contributed by atoms with Gasteiger partial charge in [0.1, 0.15) is 12.0 Å². The van der Waals surface area contributed by atoms with Crippen LogP contribution in [0.2, 0.25) is 0 Å². The van der Waals surface area contributed by atoms with Crippen molar-refractivity contribution in [1.29, 1.82) is 0 Å². The van der Waals surface area contributed by atoms with Gasteiger partial charge in [0.05, 0.1) is 29.0 Å². The lowest BCUT2D eigenvalue weighted by Crippen LogP contribution is -2.52. The molecular weight excluding hydrogens is 466 g/mol. The highest BCUT2D eigenvalue weighted by atomic mass is 16.6. The first-order chi connectivity index (χ1) is 17.3. The van der Waals surface area contributed by atoms with Crippen LogP contribution >= 0.6 is 0 Å². The highest BCUT2D eigenvalue weighted by Crippen LogP contribution is 2.58. The zero-order valence-corrected chi connectivity index (χ0v) is 19.8. The van der Waals surface area contributed by atoms with Gasteiger partial charge in [-0.25, -0.2) is 0 Å². The van der Waals surface area contributed by atoms with Gasteiger partial charge in [-0.05, 0) is 68.4 Å². The zero-order valence-electron chi connectivity index (χ0n) is 19.8. The lowest BCUT2D eigenvalue weighted by molar-refractivity contribution is -0.385. The zero-order chi connectivity index (χ0) is 25.0. The molecule has 12 heteroatoms. The maximum absolute atomic E-state index is 13.2. The number of nitrogens with one attached hydrogen (secondary N) is 2. The molecule has 0 spiro atoms. The van der Waals surface area contributed by atoms with E-state index < -0.39 is 16.7 Å². The highest BCUT2D eigenvalue weighted by Gasteiger charge is 2.53. The fourth-order valence-electron chi connectivity index (χ4n) is 6.84. The predicted octanol–water partition coefficient (Wildman–Crippen LogP) is 3.23. The number of nitro groups is 1. The first-order valence-corrected chi connectivity index (χ1v) is 12.2. The summed E-state index contributed by atoms with van der Waals surface area (Å²) >= 11 is 0. The standard InChI is InChI=1S/C24H27N7O5/c1-29-12-18(20(27-29)22(32)25-11-17-3-2-4-36-17)26-23(33)21-19(31(34)35)13-30(28-21)24-8-14-5-15(9-24)7-16(6-14)10-24/h2-4,12-16H,5-11H2,1H3,(H,25,32)(H,26,33). The highest BCUT2D eigenvalue weighted by molar-refractivity contribution is 6.09. The third kappa shape index (κ3) is 3.86. The molecule has 0 radical (unpaired) electrons. The van der Waals surface area contributed by atoms with Crippen molar-refractivity contribution in [3.05, 3.63) is 58.1 Å². The average molecular weight is 494 g/mol. The van der Waals surface area contributed by atoms with Gasteiger partial charge in [0, 0.05) is 13.2 Å². The molecule has 3 heterocycles. The number of nitrogens with zero attached hydrogens (tertiary/aromatic N) is 5. The third-order valence-corrected chi connectivity index (χ3v) is 7.89. The number of aromatic nitrogens is 4. The molecule has 4 aliphatic rings. The van der Waals surface area contributed by atoms with Gasteiger partial charge in [-0.2, -0.15) is 10.2 Å². The molecule has 0 atom stereocenters. The van der Waals surface area contributed by atoms with Crippen molar-refractivity contribution in [3.63, 3.8) is 0 Å². The smallest absolute Gasteiger partial charge is 0.320 e. The van der Waals surface area contributed by atoms with Crippen LogP contribution in [-0.2, 0) is 19.1 Å². The van der Waals surface area contributed by atoms with Crippen molar-refractivity contribution in [1.82, 2.24) is 24.9 Å². The molecule has 0 unspecified atom stereocenters. The molecule has 4 saturated carbocycles. The quantitative estimate of drug-likeness (QED) is 0.379. The van der Waals surface area contributed by atoms with Crippen molar-refractivity contribution >= 4 is 23.2 Å². The fraction of sp³-hybridized carbons (Fsp3) is 0.500. The molecule has 7 rings (SSSR count). The summed E-state index contributed by atoms with van der Waals surface area (Å²) in [5.41, 5.74) is -0.736. The summed E-state index contributed by atoms with van der Waals surface area (Å²) in [6.45, 7) is 0.150. The molecule has 2 amide bonds. The Morgan fingerprint density at radius 1 is 1.11 bits per heavy atom. The average Bonchev–Trinajstić information content (AvgIpc) is 3.56. The van der Waals surface area contributed by atoms with E-state index in [9.17, 15) is 19.7 Å². The summed E-state index contributed by atoms with van der Waals surface area (Å²) in [4.78, 5) is 37.3. The molecule has 188 valence electrons. The topological polar surface area (TPSA) is 150 Å². The van der Waals surface area contributed by atoms with Crippen LogP contribution in [0, 0.1) is 27.9 Å². The van der Waals surface area contributed by atoms with E-state index in [1.807, 2.05) is 0 Å². The van der Waals surface area contributed by atoms with Crippen LogP contribution in [0.5, 0.6) is 0 Å². The molecule has 4 aliphatic carbocycles. The molecule has 2 N–H and O–H groups in total. The lowest BCUT2D eigenvalue weighted by Gasteiger charge is -2.56. The van der Waals surface area contributed by atoms with Crippen LogP contribution in [0.15, 0.2) is 35.2 Å². The normalized spacial score (nSPS) is 26.2. The van der Waals surface area contributed by atoms with E-state index in [0.717, 1.165) is 19.3 Å². The predicted molar refractivity (Wildman–Crippen MR) is 126 cm³/mol. The number of aryl methyl sites for hydroxylation is 1. The molecule has 4 fully saturated rings. The minimum absolute atomic E-state index is 0.0134. The van der Waals surface area contributed by atoms with Crippen LogP contribution in [-0.4, -0.2) is 36.3 Å². The van der Waals surface area contributed by atoms with Gasteiger partial charge < -0.3 is 15.1 Å². The molecule has 4 bridgehead atoms. The largest absolute Gasteiger partial charge is 0.467 e. The van der Waals surface area contributed by atoms with Gasteiger partial charge in [-0.1, -0.05) is 0 Å². The number of hydrogen-bond donors (Lipinski definition) is 2. The summed E-state index contributed by atoms with van der Waals surface area (Å²) in [6, 6.07) is 3.43. The Kier molecular flexibility index (Phi) is 5.20. The van der Waals surface area contributed by atoms with Crippen LogP contribution < -0.4 is 10.6 Å². The fourth-order valence-corrected chi connectivity index (χ4v) is 6.84. The Bertz CT molecular complexity index is 1300. The first-order valence-electron chi connectivity index (χ1n) is 12.2. The molecule has 36 heavy (non-hydrogen) atoms. The molecule has 3 aromatic heterocycles. The third-order valence-electron chi connectivity index (χ3n) is 7.89. The Morgan fingerprint density at radius 3 is 2.42 bits per heavy atom. The molecule has 0 aliphatic heterocycles. The Hall–Kier alpha value is -3.96. The summed E-state index contributed by atoms with van der Waals surface area (Å²) in [7, 11) is 1.61. The molecule has 3 aromatic rings. The van der Waals surface area contributed by atoms with E-state index in [1.54, 1.807) is 23.9 Å². The molecular formula is C24H27N7O5. The second kappa shape index (κ2) is 8.32. The Morgan fingerprint density at radius 2 is 1.81 bits per heavy atom.